The van der Waals surface area contributed by atoms with Crippen LogP contribution in [-0.4, -0.2) is 29.2 Å². The Morgan fingerprint density at radius 2 is 1.95 bits per heavy atom. The van der Waals surface area contributed by atoms with Gasteiger partial charge < -0.3 is 15.7 Å². The molecule has 1 saturated carbocycles. The quantitative estimate of drug-likeness (QED) is 0.542. The Morgan fingerprint density at radius 3 is 2.47 bits per heavy atom. The second kappa shape index (κ2) is 5.88. The van der Waals surface area contributed by atoms with Crippen molar-refractivity contribution in [3.63, 3.8) is 0 Å². The predicted molar refractivity (Wildman–Crippen MR) is 74.5 cm³/mol. The Bertz CT molecular complexity index is 458. The van der Waals surface area contributed by atoms with Crippen LogP contribution in [0.5, 0.6) is 0 Å². The van der Waals surface area contributed by atoms with Gasteiger partial charge in [-0.1, -0.05) is 0 Å². The highest BCUT2D eigenvalue weighted by Gasteiger charge is 2.26. The number of anilines is 2. The summed E-state index contributed by atoms with van der Waals surface area (Å²) in [6.07, 6.45) is 1.44. The summed E-state index contributed by atoms with van der Waals surface area (Å²) in [5, 5.41) is 26.4. The van der Waals surface area contributed by atoms with Crippen molar-refractivity contribution in [2.75, 3.05) is 23.7 Å². The number of non-ortho nitro benzene ring substituents is 1. The van der Waals surface area contributed by atoms with Gasteiger partial charge in [0.25, 0.3) is 5.69 Å². The summed E-state index contributed by atoms with van der Waals surface area (Å²) in [7, 11) is 0. The first kappa shape index (κ1) is 13.6. The van der Waals surface area contributed by atoms with Crippen LogP contribution in [-0.2, 0) is 0 Å². The van der Waals surface area contributed by atoms with Crippen LogP contribution in [0.25, 0.3) is 0 Å². The molecule has 0 aromatic heterocycles. The zero-order valence-corrected chi connectivity index (χ0v) is 10.9. The second-order valence-corrected chi connectivity index (χ2v) is 4.93. The van der Waals surface area contributed by atoms with E-state index >= 15 is 0 Å². The van der Waals surface area contributed by atoms with Crippen LogP contribution in [0, 0.1) is 16.0 Å². The smallest absolute Gasteiger partial charge is 0.273 e. The highest BCUT2D eigenvalue weighted by Crippen LogP contribution is 2.29. The van der Waals surface area contributed by atoms with Gasteiger partial charge in [0.05, 0.1) is 11.0 Å². The topological polar surface area (TPSA) is 87.4 Å². The molecule has 0 saturated heterocycles. The zero-order chi connectivity index (χ0) is 13.8. The Balaban J connectivity index is 2.03. The van der Waals surface area contributed by atoms with Crippen molar-refractivity contribution in [1.82, 2.24) is 0 Å². The Labute approximate surface area is 112 Å². The molecule has 3 N–H and O–H groups in total. The Kier molecular flexibility index (Phi) is 4.21. The maximum Gasteiger partial charge on any atom is 0.273 e. The van der Waals surface area contributed by atoms with Crippen LogP contribution in [0.2, 0.25) is 0 Å². The highest BCUT2D eigenvalue weighted by atomic mass is 16.6. The summed E-state index contributed by atoms with van der Waals surface area (Å²) in [6, 6.07) is 4.93. The first-order valence-electron chi connectivity index (χ1n) is 6.53. The minimum absolute atomic E-state index is 0.0783. The SMILES string of the molecule is CCNc1cc(NCC2CC(O)C2)cc([N+](=O)[O-])c1. The molecule has 0 bridgehead atoms. The third kappa shape index (κ3) is 3.57. The van der Waals surface area contributed by atoms with Crippen molar-refractivity contribution in [2.45, 2.75) is 25.9 Å². The van der Waals surface area contributed by atoms with Crippen LogP contribution < -0.4 is 10.6 Å². The number of benzene rings is 1. The molecule has 1 aliphatic carbocycles. The van der Waals surface area contributed by atoms with E-state index in [4.69, 9.17) is 0 Å². The molecule has 1 aliphatic rings. The van der Waals surface area contributed by atoms with Gasteiger partial charge >= 0.3 is 0 Å². The van der Waals surface area contributed by atoms with Crippen molar-refractivity contribution in [3.05, 3.63) is 28.3 Å². The second-order valence-electron chi connectivity index (χ2n) is 4.93. The Hall–Kier alpha value is -1.82. The molecule has 104 valence electrons. The molecular formula is C13H19N3O3. The summed E-state index contributed by atoms with van der Waals surface area (Å²) in [5.41, 5.74) is 1.56. The summed E-state index contributed by atoms with van der Waals surface area (Å²) in [5.74, 6) is 0.455. The molecule has 0 unspecified atom stereocenters. The van der Waals surface area contributed by atoms with E-state index < -0.39 is 0 Å². The average molecular weight is 265 g/mol. The van der Waals surface area contributed by atoms with Crippen LogP contribution >= 0.6 is 0 Å². The fourth-order valence-electron chi connectivity index (χ4n) is 2.25. The van der Waals surface area contributed by atoms with Gasteiger partial charge in [0.1, 0.15) is 0 Å². The number of nitrogens with one attached hydrogen (secondary N) is 2. The number of aliphatic hydroxyl groups is 1. The molecule has 0 atom stereocenters. The number of aliphatic hydroxyl groups excluding tert-OH is 1. The summed E-state index contributed by atoms with van der Waals surface area (Å²) in [4.78, 5) is 10.5. The van der Waals surface area contributed by atoms with Gasteiger partial charge in [-0.3, -0.25) is 10.1 Å². The van der Waals surface area contributed by atoms with Gasteiger partial charge in [-0.2, -0.15) is 0 Å². The Morgan fingerprint density at radius 1 is 1.32 bits per heavy atom. The maximum absolute atomic E-state index is 10.9. The molecule has 1 fully saturated rings. The van der Waals surface area contributed by atoms with Gasteiger partial charge in [0.15, 0.2) is 0 Å². The van der Waals surface area contributed by atoms with E-state index in [0.717, 1.165) is 37.3 Å². The lowest BCUT2D eigenvalue weighted by Gasteiger charge is -2.31. The van der Waals surface area contributed by atoms with Crippen LogP contribution in [0.1, 0.15) is 19.8 Å². The van der Waals surface area contributed by atoms with E-state index in [1.54, 1.807) is 0 Å². The fourth-order valence-corrected chi connectivity index (χ4v) is 2.25. The minimum Gasteiger partial charge on any atom is -0.393 e. The minimum atomic E-state index is -0.390. The molecule has 6 nitrogen and oxygen atoms in total. The molecule has 0 aliphatic heterocycles. The van der Waals surface area contributed by atoms with Crippen molar-refractivity contribution in [2.24, 2.45) is 5.92 Å². The number of hydrogen-bond donors (Lipinski definition) is 3. The molecule has 2 rings (SSSR count). The molecule has 1 aromatic carbocycles. The van der Waals surface area contributed by atoms with Crippen molar-refractivity contribution >= 4 is 17.1 Å². The summed E-state index contributed by atoms with van der Waals surface area (Å²) >= 11 is 0. The van der Waals surface area contributed by atoms with E-state index in [0.29, 0.717) is 5.92 Å². The lowest BCUT2D eigenvalue weighted by Crippen LogP contribution is -2.33. The number of nitro benzene ring substituents is 1. The molecule has 0 heterocycles. The van der Waals surface area contributed by atoms with E-state index in [2.05, 4.69) is 10.6 Å². The molecule has 19 heavy (non-hydrogen) atoms. The van der Waals surface area contributed by atoms with Gasteiger partial charge in [0.2, 0.25) is 0 Å². The first-order chi connectivity index (χ1) is 9.08. The van der Waals surface area contributed by atoms with Crippen LogP contribution in [0.3, 0.4) is 0 Å². The van der Waals surface area contributed by atoms with E-state index in [1.165, 1.54) is 12.1 Å². The third-order valence-corrected chi connectivity index (χ3v) is 3.32. The normalized spacial score (nSPS) is 21.6. The fraction of sp³-hybridized carbons (Fsp3) is 0.538. The van der Waals surface area contributed by atoms with Crippen molar-refractivity contribution in [3.8, 4) is 0 Å². The van der Waals surface area contributed by atoms with E-state index in [9.17, 15) is 15.2 Å². The highest BCUT2D eigenvalue weighted by molar-refractivity contribution is 5.63. The maximum atomic E-state index is 10.9. The number of hydrogen-bond acceptors (Lipinski definition) is 5. The molecule has 0 radical (unpaired) electrons. The largest absolute Gasteiger partial charge is 0.393 e. The summed E-state index contributed by atoms with van der Waals surface area (Å²) < 4.78 is 0. The monoisotopic (exact) mass is 265 g/mol. The third-order valence-electron chi connectivity index (χ3n) is 3.32. The van der Waals surface area contributed by atoms with Gasteiger partial charge in [-0.15, -0.1) is 0 Å². The lowest BCUT2D eigenvalue weighted by molar-refractivity contribution is -0.384. The van der Waals surface area contributed by atoms with Gasteiger partial charge in [0, 0.05) is 36.6 Å². The van der Waals surface area contributed by atoms with Crippen molar-refractivity contribution in [1.29, 1.82) is 0 Å². The number of rotatable bonds is 6. The average Bonchev–Trinajstić information content (AvgIpc) is 2.33. The van der Waals surface area contributed by atoms with Gasteiger partial charge in [-0.25, -0.2) is 0 Å². The molecule has 0 amide bonds. The predicted octanol–water partition coefficient (Wildman–Crippen LogP) is 2.21. The van der Waals surface area contributed by atoms with Crippen LogP contribution in [0.4, 0.5) is 17.1 Å². The standard InChI is InChI=1S/C13H19N3O3/c1-2-14-10-5-11(7-12(6-10)16(18)19)15-8-9-3-13(17)4-9/h5-7,9,13-15,17H,2-4,8H2,1H3. The molecule has 0 spiro atoms. The number of nitro groups is 1. The van der Waals surface area contributed by atoms with Gasteiger partial charge in [-0.05, 0) is 31.7 Å². The van der Waals surface area contributed by atoms with Crippen LogP contribution in [0.15, 0.2) is 18.2 Å². The van der Waals surface area contributed by atoms with E-state index in [1.807, 2.05) is 13.0 Å². The molecule has 1 aromatic rings. The first-order valence-corrected chi connectivity index (χ1v) is 6.53. The summed E-state index contributed by atoms with van der Waals surface area (Å²) in [6.45, 7) is 3.40. The number of nitrogens with zero attached hydrogens (tertiary/aromatic N) is 1. The molecule has 6 heteroatoms. The molecular weight excluding hydrogens is 246 g/mol. The van der Waals surface area contributed by atoms with E-state index in [-0.39, 0.29) is 16.7 Å². The van der Waals surface area contributed by atoms with Crippen molar-refractivity contribution < 1.29 is 10.0 Å². The zero-order valence-electron chi connectivity index (χ0n) is 10.9. The lowest BCUT2D eigenvalue weighted by atomic mass is 9.82.